The molecule has 1 aromatic rings. The lowest BCUT2D eigenvalue weighted by Crippen LogP contribution is -2.38. The Morgan fingerprint density at radius 3 is 2.80 bits per heavy atom. The van der Waals surface area contributed by atoms with E-state index in [1.165, 1.54) is 0 Å². The van der Waals surface area contributed by atoms with Gasteiger partial charge >= 0.3 is 6.09 Å². The van der Waals surface area contributed by atoms with Crippen molar-refractivity contribution in [1.29, 1.82) is 0 Å². The first-order valence-corrected chi connectivity index (χ1v) is 8.77. The largest absolute Gasteiger partial charge is 0.467 e. The smallest absolute Gasteiger partial charge is 0.408 e. The number of alkyl carbamates (subject to hydrolysis) is 1. The number of ether oxygens (including phenoxy) is 1. The Morgan fingerprint density at radius 1 is 1.40 bits per heavy atom. The summed E-state index contributed by atoms with van der Waals surface area (Å²) in [7, 11) is 0. The molecule has 1 atom stereocenters. The van der Waals surface area contributed by atoms with Crippen LogP contribution in [0.2, 0.25) is 0 Å². The van der Waals surface area contributed by atoms with Gasteiger partial charge in [-0.1, -0.05) is 26.2 Å². The summed E-state index contributed by atoms with van der Waals surface area (Å²) in [5, 5.41) is 2.68. The van der Waals surface area contributed by atoms with E-state index in [4.69, 9.17) is 9.15 Å². The third-order valence-corrected chi connectivity index (χ3v) is 3.61. The van der Waals surface area contributed by atoms with Crippen molar-refractivity contribution >= 4 is 12.0 Å². The summed E-state index contributed by atoms with van der Waals surface area (Å²) in [6, 6.07) is 3.60. The molecule has 0 radical (unpaired) electrons. The summed E-state index contributed by atoms with van der Waals surface area (Å²) >= 11 is 0. The highest BCUT2D eigenvalue weighted by atomic mass is 16.6. The molecular formula is C19H28N2O4. The van der Waals surface area contributed by atoms with Crippen molar-refractivity contribution < 1.29 is 18.7 Å². The summed E-state index contributed by atoms with van der Waals surface area (Å²) in [5.74, 6) is 6.39. The van der Waals surface area contributed by atoms with Gasteiger partial charge in [0, 0.05) is 19.5 Å². The third kappa shape index (κ3) is 8.30. The zero-order chi connectivity index (χ0) is 18.5. The number of furan rings is 1. The summed E-state index contributed by atoms with van der Waals surface area (Å²) in [6.07, 6.45) is 3.78. The van der Waals surface area contributed by atoms with E-state index in [9.17, 15) is 9.59 Å². The van der Waals surface area contributed by atoms with Crippen molar-refractivity contribution in [2.75, 3.05) is 13.1 Å². The number of hydrogen-bond donors (Lipinski definition) is 1. The van der Waals surface area contributed by atoms with Gasteiger partial charge in [0.05, 0.1) is 12.8 Å². The van der Waals surface area contributed by atoms with Crippen LogP contribution in [0.25, 0.3) is 0 Å². The second-order valence-electron chi connectivity index (χ2n) is 5.61. The average Bonchev–Trinajstić information content (AvgIpc) is 3.11. The SMILES string of the molecule is CC#CC(CCCC)OC(=O)NCCN(Cc1ccco1)C(=O)CC. The number of amides is 2. The Kier molecular flexibility index (Phi) is 9.91. The van der Waals surface area contributed by atoms with Crippen LogP contribution in [0.1, 0.15) is 52.2 Å². The fourth-order valence-electron chi connectivity index (χ4n) is 2.28. The average molecular weight is 348 g/mol. The second-order valence-corrected chi connectivity index (χ2v) is 5.61. The zero-order valence-electron chi connectivity index (χ0n) is 15.3. The molecule has 0 aliphatic rings. The Morgan fingerprint density at radius 2 is 2.20 bits per heavy atom. The van der Waals surface area contributed by atoms with Gasteiger partial charge in [0.15, 0.2) is 6.10 Å². The molecule has 0 saturated carbocycles. The van der Waals surface area contributed by atoms with Crippen molar-refractivity contribution in [1.82, 2.24) is 10.2 Å². The maximum atomic E-state index is 12.0. The lowest BCUT2D eigenvalue weighted by atomic mass is 10.2. The Balaban J connectivity index is 2.43. The van der Waals surface area contributed by atoms with Crippen LogP contribution >= 0.6 is 0 Å². The second kappa shape index (κ2) is 12.0. The first-order valence-electron chi connectivity index (χ1n) is 8.77. The van der Waals surface area contributed by atoms with Gasteiger partial charge in [-0.15, -0.1) is 5.92 Å². The molecular weight excluding hydrogens is 320 g/mol. The summed E-state index contributed by atoms with van der Waals surface area (Å²) < 4.78 is 10.6. The Bertz CT molecular complexity index is 572. The van der Waals surface area contributed by atoms with Gasteiger partial charge in [-0.25, -0.2) is 4.79 Å². The monoisotopic (exact) mass is 348 g/mol. The van der Waals surface area contributed by atoms with Gasteiger partial charge < -0.3 is 19.4 Å². The molecule has 0 saturated heterocycles. The summed E-state index contributed by atoms with van der Waals surface area (Å²) in [6.45, 7) is 6.70. The quantitative estimate of drug-likeness (QED) is 0.658. The van der Waals surface area contributed by atoms with E-state index in [-0.39, 0.29) is 12.0 Å². The zero-order valence-corrected chi connectivity index (χ0v) is 15.3. The van der Waals surface area contributed by atoms with Crippen molar-refractivity contribution in [3.8, 4) is 11.8 Å². The molecule has 6 nitrogen and oxygen atoms in total. The molecule has 0 aliphatic carbocycles. The normalized spacial score (nSPS) is 11.2. The molecule has 0 spiro atoms. The molecule has 0 aromatic carbocycles. The molecule has 2 amide bonds. The number of nitrogens with one attached hydrogen (secondary N) is 1. The minimum Gasteiger partial charge on any atom is -0.467 e. The van der Waals surface area contributed by atoms with Gasteiger partial charge in [0.25, 0.3) is 0 Å². The van der Waals surface area contributed by atoms with E-state index < -0.39 is 6.09 Å². The van der Waals surface area contributed by atoms with E-state index in [2.05, 4.69) is 24.1 Å². The van der Waals surface area contributed by atoms with Crippen LogP contribution in [0.5, 0.6) is 0 Å². The molecule has 1 aromatic heterocycles. The predicted octanol–water partition coefficient (Wildman–Crippen LogP) is 3.33. The minimum absolute atomic E-state index is 0.00393. The first kappa shape index (κ1) is 20.6. The fraction of sp³-hybridized carbons (Fsp3) is 0.579. The number of rotatable bonds is 10. The molecule has 1 heterocycles. The molecule has 0 aliphatic heterocycles. The lowest BCUT2D eigenvalue weighted by molar-refractivity contribution is -0.131. The van der Waals surface area contributed by atoms with E-state index in [0.717, 1.165) is 19.3 Å². The number of hydrogen-bond acceptors (Lipinski definition) is 4. The van der Waals surface area contributed by atoms with Crippen molar-refractivity contribution in [2.45, 2.75) is 59.1 Å². The van der Waals surface area contributed by atoms with Crippen LogP contribution in [0, 0.1) is 11.8 Å². The molecule has 0 fully saturated rings. The highest BCUT2D eigenvalue weighted by molar-refractivity contribution is 5.75. The molecule has 6 heteroatoms. The van der Waals surface area contributed by atoms with Gasteiger partial charge in [0.1, 0.15) is 5.76 Å². The van der Waals surface area contributed by atoms with Crippen LogP contribution in [0.3, 0.4) is 0 Å². The molecule has 1 unspecified atom stereocenters. The fourth-order valence-corrected chi connectivity index (χ4v) is 2.28. The minimum atomic E-state index is -0.509. The van der Waals surface area contributed by atoms with E-state index >= 15 is 0 Å². The summed E-state index contributed by atoms with van der Waals surface area (Å²) in [5.41, 5.74) is 0. The van der Waals surface area contributed by atoms with Crippen molar-refractivity contribution in [3.05, 3.63) is 24.2 Å². The van der Waals surface area contributed by atoms with Crippen LogP contribution in [-0.4, -0.2) is 36.1 Å². The molecule has 1 rings (SSSR count). The van der Waals surface area contributed by atoms with Crippen LogP contribution in [-0.2, 0) is 16.1 Å². The lowest BCUT2D eigenvalue weighted by Gasteiger charge is -2.21. The van der Waals surface area contributed by atoms with Gasteiger partial charge in [-0.2, -0.15) is 0 Å². The Hall–Kier alpha value is -2.42. The topological polar surface area (TPSA) is 71.8 Å². The maximum Gasteiger partial charge on any atom is 0.408 e. The van der Waals surface area contributed by atoms with Crippen molar-refractivity contribution in [2.24, 2.45) is 0 Å². The van der Waals surface area contributed by atoms with Gasteiger partial charge in [-0.3, -0.25) is 4.79 Å². The van der Waals surface area contributed by atoms with E-state index in [0.29, 0.717) is 31.8 Å². The predicted molar refractivity (Wildman–Crippen MR) is 95.7 cm³/mol. The van der Waals surface area contributed by atoms with Gasteiger partial charge in [-0.05, 0) is 31.9 Å². The van der Waals surface area contributed by atoms with Crippen LogP contribution in [0.15, 0.2) is 22.8 Å². The summed E-state index contributed by atoms with van der Waals surface area (Å²) in [4.78, 5) is 25.6. The highest BCUT2D eigenvalue weighted by Crippen LogP contribution is 2.07. The van der Waals surface area contributed by atoms with Gasteiger partial charge in [0.2, 0.25) is 5.91 Å². The molecule has 25 heavy (non-hydrogen) atoms. The Labute approximate surface area is 149 Å². The number of unbranched alkanes of at least 4 members (excludes halogenated alkanes) is 1. The van der Waals surface area contributed by atoms with Crippen LogP contribution < -0.4 is 5.32 Å². The molecule has 138 valence electrons. The number of carbonyl (C=O) groups is 2. The van der Waals surface area contributed by atoms with E-state index in [1.807, 2.05) is 6.07 Å². The molecule has 0 bridgehead atoms. The third-order valence-electron chi connectivity index (χ3n) is 3.61. The number of carbonyl (C=O) groups excluding carboxylic acids is 2. The van der Waals surface area contributed by atoms with Crippen molar-refractivity contribution in [3.63, 3.8) is 0 Å². The first-order chi connectivity index (χ1) is 12.1. The standard InChI is InChI=1S/C19H28N2O4/c1-4-7-10-16(9-5-2)25-19(23)20-12-13-21(18(22)6-3)15-17-11-8-14-24-17/h8,11,14,16H,4,6-7,10,12-13,15H2,1-3H3,(H,20,23). The van der Waals surface area contributed by atoms with E-state index in [1.54, 1.807) is 31.1 Å². The highest BCUT2D eigenvalue weighted by Gasteiger charge is 2.15. The van der Waals surface area contributed by atoms with Crippen LogP contribution in [0.4, 0.5) is 4.79 Å². The number of nitrogens with zero attached hydrogens (tertiary/aromatic N) is 1. The molecule has 1 N–H and O–H groups in total. The maximum absolute atomic E-state index is 12.0.